The molecule has 0 fully saturated rings. The number of rotatable bonds is 3. The highest BCUT2D eigenvalue weighted by Crippen LogP contribution is 2.31. The maximum absolute atomic E-state index is 6.07. The molecule has 2 rings (SSSR count). The fourth-order valence-electron chi connectivity index (χ4n) is 1.27. The first-order valence-corrected chi connectivity index (χ1v) is 6.96. The van der Waals surface area contributed by atoms with E-state index >= 15 is 0 Å². The van der Waals surface area contributed by atoms with Crippen molar-refractivity contribution in [2.45, 2.75) is 10.6 Å². The Kier molecular flexibility index (Phi) is 4.57. The largest absolute Gasteiger partial charge is 0.240 e. The fraction of sp³-hybridized carbons (Fsp3) is 0.0833. The van der Waals surface area contributed by atoms with E-state index < -0.39 is 0 Å². The predicted octanol–water partition coefficient (Wildman–Crippen LogP) is 5.33. The second-order valence-electron chi connectivity index (χ2n) is 3.32. The molecule has 1 heterocycles. The van der Waals surface area contributed by atoms with Crippen LogP contribution in [0.15, 0.2) is 41.3 Å². The molecular weight excluding hydrogens is 297 g/mol. The Bertz CT molecular complexity index is 531. The molecule has 1 aromatic carbocycles. The highest BCUT2D eigenvalue weighted by molar-refractivity contribution is 7.98. The highest BCUT2D eigenvalue weighted by atomic mass is 35.5. The third-order valence-corrected chi connectivity index (χ3v) is 4.02. The van der Waals surface area contributed by atoms with Crippen LogP contribution >= 0.6 is 46.6 Å². The number of thioether (sulfide) groups is 1. The standard InChI is InChI=1S/C12H8Cl3NS/c13-8-4-5-10(14)11(6-8)17-7-9-2-1-3-12(15)16-9/h1-6H,7H2. The summed E-state index contributed by atoms with van der Waals surface area (Å²) in [4.78, 5) is 5.15. The van der Waals surface area contributed by atoms with Gasteiger partial charge >= 0.3 is 0 Å². The van der Waals surface area contributed by atoms with Gasteiger partial charge in [-0.05, 0) is 30.3 Å². The van der Waals surface area contributed by atoms with Crippen LogP contribution in [-0.4, -0.2) is 4.98 Å². The monoisotopic (exact) mass is 303 g/mol. The van der Waals surface area contributed by atoms with Crippen LogP contribution < -0.4 is 0 Å². The molecule has 0 aliphatic rings. The van der Waals surface area contributed by atoms with Gasteiger partial charge < -0.3 is 0 Å². The smallest absolute Gasteiger partial charge is 0.129 e. The summed E-state index contributed by atoms with van der Waals surface area (Å²) in [6.45, 7) is 0. The lowest BCUT2D eigenvalue weighted by Crippen LogP contribution is -1.86. The Labute approximate surface area is 119 Å². The van der Waals surface area contributed by atoms with Gasteiger partial charge in [0.05, 0.1) is 10.7 Å². The lowest BCUT2D eigenvalue weighted by molar-refractivity contribution is 1.17. The molecule has 0 atom stereocenters. The molecule has 0 N–H and O–H groups in total. The first-order valence-electron chi connectivity index (χ1n) is 4.84. The molecule has 0 saturated heterocycles. The minimum atomic E-state index is 0.500. The Morgan fingerprint density at radius 3 is 2.65 bits per heavy atom. The van der Waals surface area contributed by atoms with Crippen LogP contribution in [0, 0.1) is 0 Å². The van der Waals surface area contributed by atoms with E-state index in [2.05, 4.69) is 4.98 Å². The van der Waals surface area contributed by atoms with E-state index in [9.17, 15) is 0 Å². The van der Waals surface area contributed by atoms with Gasteiger partial charge in [-0.25, -0.2) is 4.98 Å². The maximum atomic E-state index is 6.07. The summed E-state index contributed by atoms with van der Waals surface area (Å²) >= 11 is 19.4. The number of hydrogen-bond donors (Lipinski definition) is 0. The summed E-state index contributed by atoms with van der Waals surface area (Å²) in [5.41, 5.74) is 0.915. The predicted molar refractivity (Wildman–Crippen MR) is 75.3 cm³/mol. The number of aromatic nitrogens is 1. The molecule has 88 valence electrons. The van der Waals surface area contributed by atoms with E-state index in [1.54, 1.807) is 30.0 Å². The topological polar surface area (TPSA) is 12.9 Å². The molecule has 2 aromatic rings. The average molecular weight is 305 g/mol. The number of benzene rings is 1. The SMILES string of the molecule is Clc1ccc(Cl)c(SCc2cccc(Cl)n2)c1. The van der Waals surface area contributed by atoms with E-state index in [4.69, 9.17) is 34.8 Å². The van der Waals surface area contributed by atoms with Crippen LogP contribution in [0.4, 0.5) is 0 Å². The lowest BCUT2D eigenvalue weighted by atomic mass is 10.4. The maximum Gasteiger partial charge on any atom is 0.129 e. The molecule has 0 unspecified atom stereocenters. The molecule has 1 nitrogen and oxygen atoms in total. The zero-order chi connectivity index (χ0) is 12.3. The van der Waals surface area contributed by atoms with E-state index in [1.807, 2.05) is 18.2 Å². The van der Waals surface area contributed by atoms with Crippen LogP contribution in [0.2, 0.25) is 15.2 Å². The normalized spacial score (nSPS) is 10.5. The second kappa shape index (κ2) is 5.96. The Morgan fingerprint density at radius 1 is 1.06 bits per heavy atom. The molecule has 0 amide bonds. The van der Waals surface area contributed by atoms with Crippen LogP contribution in [0.3, 0.4) is 0 Å². The Morgan fingerprint density at radius 2 is 1.88 bits per heavy atom. The van der Waals surface area contributed by atoms with Crippen molar-refractivity contribution in [1.29, 1.82) is 0 Å². The second-order valence-corrected chi connectivity index (χ2v) is 5.56. The van der Waals surface area contributed by atoms with Gasteiger partial charge in [-0.15, -0.1) is 11.8 Å². The van der Waals surface area contributed by atoms with Gasteiger partial charge in [-0.1, -0.05) is 40.9 Å². The van der Waals surface area contributed by atoms with Crippen LogP contribution in [0.1, 0.15) is 5.69 Å². The molecule has 0 aliphatic carbocycles. The molecule has 0 saturated carbocycles. The van der Waals surface area contributed by atoms with E-state index in [-0.39, 0.29) is 0 Å². The highest BCUT2D eigenvalue weighted by Gasteiger charge is 2.03. The number of pyridine rings is 1. The molecule has 0 spiro atoms. The van der Waals surface area contributed by atoms with Gasteiger partial charge in [0.2, 0.25) is 0 Å². The summed E-state index contributed by atoms with van der Waals surface area (Å²) in [6, 6.07) is 11.0. The van der Waals surface area contributed by atoms with Gasteiger partial charge in [-0.2, -0.15) is 0 Å². The Hall–Kier alpha value is -0.410. The van der Waals surface area contributed by atoms with E-state index in [0.29, 0.717) is 21.0 Å². The lowest BCUT2D eigenvalue weighted by Gasteiger charge is -2.04. The average Bonchev–Trinajstić information content (AvgIpc) is 2.30. The van der Waals surface area contributed by atoms with E-state index in [1.165, 1.54) is 0 Å². The zero-order valence-corrected chi connectivity index (χ0v) is 11.7. The number of hydrogen-bond acceptors (Lipinski definition) is 2. The van der Waals surface area contributed by atoms with Crippen molar-refractivity contribution in [3.05, 3.63) is 57.3 Å². The number of nitrogens with zero attached hydrogens (tertiary/aromatic N) is 1. The first kappa shape index (κ1) is 13.0. The molecule has 0 radical (unpaired) electrons. The third-order valence-electron chi connectivity index (χ3n) is 2.04. The molecular formula is C12H8Cl3NS. The molecule has 5 heteroatoms. The molecule has 0 bridgehead atoms. The van der Waals surface area contributed by atoms with E-state index in [0.717, 1.165) is 10.6 Å². The van der Waals surface area contributed by atoms with Gasteiger partial charge in [-0.3, -0.25) is 0 Å². The van der Waals surface area contributed by atoms with Crippen LogP contribution in [0.25, 0.3) is 0 Å². The van der Waals surface area contributed by atoms with Gasteiger partial charge in [0.1, 0.15) is 5.15 Å². The summed E-state index contributed by atoms with van der Waals surface area (Å²) < 4.78 is 0. The van der Waals surface area contributed by atoms with Gasteiger partial charge in [0.25, 0.3) is 0 Å². The summed E-state index contributed by atoms with van der Waals surface area (Å²) in [5.74, 6) is 0.709. The van der Waals surface area contributed by atoms with Crippen molar-refractivity contribution in [3.63, 3.8) is 0 Å². The quantitative estimate of drug-likeness (QED) is 0.561. The summed E-state index contributed by atoms with van der Waals surface area (Å²) in [7, 11) is 0. The minimum absolute atomic E-state index is 0.500. The van der Waals surface area contributed by atoms with Gasteiger partial charge in [0.15, 0.2) is 0 Å². The van der Waals surface area contributed by atoms with Crippen molar-refractivity contribution in [3.8, 4) is 0 Å². The van der Waals surface area contributed by atoms with Crippen molar-refractivity contribution in [1.82, 2.24) is 4.98 Å². The zero-order valence-electron chi connectivity index (χ0n) is 8.66. The fourth-order valence-corrected chi connectivity index (χ4v) is 2.85. The summed E-state index contributed by atoms with van der Waals surface area (Å²) in [6.07, 6.45) is 0. The third kappa shape index (κ3) is 3.78. The van der Waals surface area contributed by atoms with Gasteiger partial charge in [0, 0.05) is 15.7 Å². The van der Waals surface area contributed by atoms with Crippen molar-refractivity contribution >= 4 is 46.6 Å². The van der Waals surface area contributed by atoms with Crippen molar-refractivity contribution in [2.75, 3.05) is 0 Å². The van der Waals surface area contributed by atoms with Crippen LogP contribution in [-0.2, 0) is 5.75 Å². The molecule has 1 aromatic heterocycles. The molecule has 17 heavy (non-hydrogen) atoms. The summed E-state index contributed by atoms with van der Waals surface area (Å²) in [5, 5.41) is 1.87. The number of halogens is 3. The van der Waals surface area contributed by atoms with Crippen molar-refractivity contribution in [2.24, 2.45) is 0 Å². The Balaban J connectivity index is 2.09. The van der Waals surface area contributed by atoms with Crippen LogP contribution in [0.5, 0.6) is 0 Å². The minimum Gasteiger partial charge on any atom is -0.240 e. The van der Waals surface area contributed by atoms with Crippen molar-refractivity contribution < 1.29 is 0 Å². The first-order chi connectivity index (χ1) is 8.15. The molecule has 0 aliphatic heterocycles.